The zero-order valence-corrected chi connectivity index (χ0v) is 7.97. The van der Waals surface area contributed by atoms with E-state index in [2.05, 4.69) is 20.2 Å². The summed E-state index contributed by atoms with van der Waals surface area (Å²) in [5.74, 6) is 0.433. The molecule has 2 rings (SSSR count). The van der Waals surface area contributed by atoms with Crippen LogP contribution in [0.25, 0.3) is 11.4 Å². The first-order chi connectivity index (χ1) is 7.29. The summed E-state index contributed by atoms with van der Waals surface area (Å²) in [4.78, 5) is 18.8. The van der Waals surface area contributed by atoms with E-state index in [1.165, 1.54) is 25.6 Å². The Kier molecular flexibility index (Phi) is 2.40. The van der Waals surface area contributed by atoms with Crippen LogP contribution in [0.3, 0.4) is 0 Å². The van der Waals surface area contributed by atoms with Crippen molar-refractivity contribution in [1.29, 1.82) is 0 Å². The van der Waals surface area contributed by atoms with Gasteiger partial charge in [0, 0.05) is 6.07 Å². The predicted molar refractivity (Wildman–Crippen MR) is 52.4 cm³/mol. The van der Waals surface area contributed by atoms with Gasteiger partial charge in [0.15, 0.2) is 0 Å². The standard InChI is InChI=1S/C9H8N4O2/c1-15-9-5-10-7(4-11-9)6-2-3-8(14)13-12-6/h2-5H,1H3,(H,13,14). The molecule has 2 aromatic heterocycles. The number of H-pyrrole nitrogens is 1. The van der Waals surface area contributed by atoms with Crippen LogP contribution >= 0.6 is 0 Å². The first kappa shape index (κ1) is 9.32. The Morgan fingerprint density at radius 3 is 2.60 bits per heavy atom. The molecule has 76 valence electrons. The fourth-order valence-corrected chi connectivity index (χ4v) is 1.04. The summed E-state index contributed by atoms with van der Waals surface area (Å²) in [7, 11) is 1.52. The molecule has 6 heteroatoms. The lowest BCUT2D eigenvalue weighted by atomic mass is 10.3. The van der Waals surface area contributed by atoms with Crippen molar-refractivity contribution in [2.24, 2.45) is 0 Å². The second-order valence-electron chi connectivity index (χ2n) is 2.75. The summed E-state index contributed by atoms with van der Waals surface area (Å²) in [6, 6.07) is 2.96. The van der Waals surface area contributed by atoms with Crippen LogP contribution in [0.4, 0.5) is 0 Å². The third kappa shape index (κ3) is 1.98. The molecule has 0 unspecified atom stereocenters. The highest BCUT2D eigenvalue weighted by atomic mass is 16.5. The Hall–Kier alpha value is -2.24. The molecule has 2 heterocycles. The van der Waals surface area contributed by atoms with E-state index < -0.39 is 0 Å². The number of nitrogens with zero attached hydrogens (tertiary/aromatic N) is 3. The molecular weight excluding hydrogens is 196 g/mol. The lowest BCUT2D eigenvalue weighted by Crippen LogP contribution is -2.06. The van der Waals surface area contributed by atoms with Gasteiger partial charge in [-0.1, -0.05) is 0 Å². The van der Waals surface area contributed by atoms with Crippen molar-refractivity contribution >= 4 is 0 Å². The van der Waals surface area contributed by atoms with Crippen molar-refractivity contribution < 1.29 is 4.74 Å². The number of nitrogens with one attached hydrogen (secondary N) is 1. The predicted octanol–water partition coefficient (Wildman–Crippen LogP) is 0.235. The molecule has 0 atom stereocenters. The molecule has 0 amide bonds. The van der Waals surface area contributed by atoms with E-state index in [4.69, 9.17) is 4.74 Å². The van der Waals surface area contributed by atoms with Gasteiger partial charge in [0.25, 0.3) is 5.56 Å². The van der Waals surface area contributed by atoms with Crippen LogP contribution in [0.1, 0.15) is 0 Å². The van der Waals surface area contributed by atoms with Gasteiger partial charge in [-0.2, -0.15) is 5.10 Å². The Bertz CT molecular complexity index is 486. The average molecular weight is 204 g/mol. The van der Waals surface area contributed by atoms with E-state index in [1.54, 1.807) is 6.07 Å². The van der Waals surface area contributed by atoms with Crippen LogP contribution in [-0.4, -0.2) is 27.3 Å². The zero-order chi connectivity index (χ0) is 10.7. The largest absolute Gasteiger partial charge is 0.480 e. The molecule has 1 N–H and O–H groups in total. The van der Waals surface area contributed by atoms with Crippen molar-refractivity contribution in [3.8, 4) is 17.3 Å². The topological polar surface area (TPSA) is 80.8 Å². The molecule has 15 heavy (non-hydrogen) atoms. The minimum Gasteiger partial charge on any atom is -0.480 e. The number of hydrogen-bond donors (Lipinski definition) is 1. The minimum atomic E-state index is -0.250. The molecule has 0 aliphatic rings. The fourth-order valence-electron chi connectivity index (χ4n) is 1.04. The van der Waals surface area contributed by atoms with Crippen molar-refractivity contribution in [3.05, 3.63) is 34.9 Å². The normalized spacial score (nSPS) is 9.93. The number of methoxy groups -OCH3 is 1. The molecule has 0 radical (unpaired) electrons. The Morgan fingerprint density at radius 2 is 2.07 bits per heavy atom. The van der Waals surface area contributed by atoms with Gasteiger partial charge in [-0.15, -0.1) is 0 Å². The number of aromatic nitrogens is 4. The first-order valence-electron chi connectivity index (χ1n) is 4.22. The van der Waals surface area contributed by atoms with Gasteiger partial charge >= 0.3 is 0 Å². The van der Waals surface area contributed by atoms with Crippen molar-refractivity contribution in [3.63, 3.8) is 0 Å². The Balaban J connectivity index is 2.37. The first-order valence-corrected chi connectivity index (χ1v) is 4.22. The van der Waals surface area contributed by atoms with Crippen LogP contribution in [-0.2, 0) is 0 Å². The molecule has 6 nitrogen and oxygen atoms in total. The lowest BCUT2D eigenvalue weighted by molar-refractivity contribution is 0.396. The summed E-state index contributed by atoms with van der Waals surface area (Å²) in [5, 5.41) is 6.15. The summed E-state index contributed by atoms with van der Waals surface area (Å²) in [5.41, 5.74) is 0.886. The van der Waals surface area contributed by atoms with E-state index in [-0.39, 0.29) is 5.56 Å². The smallest absolute Gasteiger partial charge is 0.264 e. The van der Waals surface area contributed by atoms with Crippen LogP contribution in [0.5, 0.6) is 5.88 Å². The highest BCUT2D eigenvalue weighted by Crippen LogP contribution is 2.12. The Morgan fingerprint density at radius 1 is 1.20 bits per heavy atom. The molecule has 0 aliphatic heterocycles. The quantitative estimate of drug-likeness (QED) is 0.757. The van der Waals surface area contributed by atoms with E-state index in [0.29, 0.717) is 17.3 Å². The second-order valence-corrected chi connectivity index (χ2v) is 2.75. The SMILES string of the molecule is COc1cnc(-c2ccc(=O)[nH]n2)cn1. The summed E-state index contributed by atoms with van der Waals surface area (Å²) in [6.07, 6.45) is 3.02. The van der Waals surface area contributed by atoms with Gasteiger partial charge in [-0.3, -0.25) is 4.79 Å². The molecule has 0 fully saturated rings. The molecule has 0 spiro atoms. The highest BCUT2D eigenvalue weighted by molar-refractivity contribution is 5.51. The van der Waals surface area contributed by atoms with Crippen molar-refractivity contribution in [2.45, 2.75) is 0 Å². The minimum absolute atomic E-state index is 0.250. The van der Waals surface area contributed by atoms with E-state index in [0.717, 1.165) is 0 Å². The van der Waals surface area contributed by atoms with E-state index >= 15 is 0 Å². The summed E-state index contributed by atoms with van der Waals surface area (Å²) >= 11 is 0. The zero-order valence-electron chi connectivity index (χ0n) is 7.97. The number of rotatable bonds is 2. The third-order valence-electron chi connectivity index (χ3n) is 1.78. The molecule has 0 aromatic carbocycles. The van der Waals surface area contributed by atoms with Gasteiger partial charge in [0.2, 0.25) is 5.88 Å². The molecule has 0 saturated carbocycles. The van der Waals surface area contributed by atoms with Gasteiger partial charge in [-0.05, 0) is 6.07 Å². The molecule has 0 saturated heterocycles. The summed E-state index contributed by atoms with van der Waals surface area (Å²) in [6.45, 7) is 0. The maximum atomic E-state index is 10.8. The Labute approximate surface area is 85.0 Å². The molecule has 2 aromatic rings. The summed E-state index contributed by atoms with van der Waals surface area (Å²) < 4.78 is 4.87. The van der Waals surface area contributed by atoms with Crippen LogP contribution in [0, 0.1) is 0 Å². The van der Waals surface area contributed by atoms with Gasteiger partial charge in [-0.25, -0.2) is 15.1 Å². The maximum absolute atomic E-state index is 10.8. The second kappa shape index (κ2) is 3.87. The van der Waals surface area contributed by atoms with Crippen molar-refractivity contribution in [2.75, 3.05) is 7.11 Å². The van der Waals surface area contributed by atoms with E-state index in [1.807, 2.05) is 0 Å². The fraction of sp³-hybridized carbons (Fsp3) is 0.111. The molecular formula is C9H8N4O2. The monoisotopic (exact) mass is 204 g/mol. The molecule has 0 bridgehead atoms. The van der Waals surface area contributed by atoms with Gasteiger partial charge < -0.3 is 4.74 Å². The van der Waals surface area contributed by atoms with Crippen LogP contribution in [0.2, 0.25) is 0 Å². The van der Waals surface area contributed by atoms with Crippen LogP contribution < -0.4 is 10.3 Å². The highest BCUT2D eigenvalue weighted by Gasteiger charge is 2.01. The number of aromatic amines is 1. The lowest BCUT2D eigenvalue weighted by Gasteiger charge is -1.99. The average Bonchev–Trinajstić information content (AvgIpc) is 2.30. The number of ether oxygens (including phenoxy) is 1. The van der Waals surface area contributed by atoms with E-state index in [9.17, 15) is 4.79 Å². The van der Waals surface area contributed by atoms with Crippen molar-refractivity contribution in [1.82, 2.24) is 20.2 Å². The maximum Gasteiger partial charge on any atom is 0.264 e. The third-order valence-corrected chi connectivity index (χ3v) is 1.78. The van der Waals surface area contributed by atoms with Gasteiger partial charge in [0.05, 0.1) is 19.5 Å². The van der Waals surface area contributed by atoms with Crippen LogP contribution in [0.15, 0.2) is 29.3 Å². The number of hydrogen-bond acceptors (Lipinski definition) is 5. The molecule has 0 aliphatic carbocycles. The van der Waals surface area contributed by atoms with Gasteiger partial charge in [0.1, 0.15) is 11.4 Å².